The highest BCUT2D eigenvalue weighted by Gasteiger charge is 2.41. The van der Waals surface area contributed by atoms with Gasteiger partial charge in [0.25, 0.3) is 0 Å². The maximum atomic E-state index is 13.1. The molecule has 10 heteroatoms. The van der Waals surface area contributed by atoms with E-state index in [2.05, 4.69) is 31.4 Å². The third kappa shape index (κ3) is 4.28. The minimum atomic E-state index is -4.55. The molecule has 26 heavy (non-hydrogen) atoms. The number of alkyl halides is 3. The van der Waals surface area contributed by atoms with Crippen molar-refractivity contribution in [2.75, 3.05) is 6.54 Å². The lowest BCUT2D eigenvalue weighted by Gasteiger charge is -2.09. The number of hydrogen-bond donors (Lipinski definition) is 1. The van der Waals surface area contributed by atoms with E-state index < -0.39 is 11.9 Å². The van der Waals surface area contributed by atoms with Crippen LogP contribution in [0.25, 0.3) is 0 Å². The molecule has 1 aliphatic rings. The maximum absolute atomic E-state index is 13.1. The third-order valence-electron chi connectivity index (χ3n) is 4.26. The Morgan fingerprint density at radius 3 is 2.69 bits per heavy atom. The summed E-state index contributed by atoms with van der Waals surface area (Å²) in [6, 6.07) is 1.89. The Morgan fingerprint density at radius 2 is 2.12 bits per heavy atom. The number of aromatic nitrogens is 4. The number of rotatable bonds is 7. The lowest BCUT2D eigenvalue weighted by Crippen LogP contribution is -2.30. The molecule has 1 amide bonds. The van der Waals surface area contributed by atoms with Gasteiger partial charge in [-0.1, -0.05) is 0 Å². The van der Waals surface area contributed by atoms with Crippen molar-refractivity contribution >= 4 is 21.8 Å². The molecule has 6 nitrogen and oxygen atoms in total. The van der Waals surface area contributed by atoms with E-state index in [-0.39, 0.29) is 22.8 Å². The van der Waals surface area contributed by atoms with Crippen molar-refractivity contribution in [3.05, 3.63) is 33.8 Å². The number of hydrogen-bond acceptors (Lipinski definition) is 3. The molecule has 2 heterocycles. The summed E-state index contributed by atoms with van der Waals surface area (Å²) >= 11 is 3.02. The molecule has 1 fully saturated rings. The molecule has 2 aromatic heterocycles. The van der Waals surface area contributed by atoms with Gasteiger partial charge >= 0.3 is 6.18 Å². The van der Waals surface area contributed by atoms with Gasteiger partial charge in [-0.05, 0) is 48.2 Å². The van der Waals surface area contributed by atoms with E-state index >= 15 is 0 Å². The van der Waals surface area contributed by atoms with E-state index in [0.29, 0.717) is 25.2 Å². The minimum Gasteiger partial charge on any atom is -0.354 e. The predicted molar refractivity (Wildman–Crippen MR) is 91.5 cm³/mol. The molecule has 0 bridgehead atoms. The van der Waals surface area contributed by atoms with Crippen molar-refractivity contribution in [2.24, 2.45) is 0 Å². The quantitative estimate of drug-likeness (QED) is 0.681. The second-order valence-electron chi connectivity index (χ2n) is 6.38. The molecule has 0 unspecified atom stereocenters. The zero-order valence-corrected chi connectivity index (χ0v) is 15.8. The fraction of sp³-hybridized carbons (Fsp3) is 0.562. The summed E-state index contributed by atoms with van der Waals surface area (Å²) in [5.41, 5.74) is 0.521. The lowest BCUT2D eigenvalue weighted by atomic mass is 10.2. The average Bonchev–Trinajstić information content (AvgIpc) is 3.21. The third-order valence-corrected chi connectivity index (χ3v) is 5.04. The molecule has 0 saturated heterocycles. The lowest BCUT2D eigenvalue weighted by molar-refractivity contribution is -0.142. The smallest absolute Gasteiger partial charge is 0.354 e. The molecule has 142 valence electrons. The normalized spacial score (nSPS) is 14.7. The van der Waals surface area contributed by atoms with Gasteiger partial charge in [-0.2, -0.15) is 23.4 Å². The molecule has 0 radical (unpaired) electrons. The number of carbonyl (C=O) groups is 1. The van der Waals surface area contributed by atoms with Crippen molar-refractivity contribution in [1.29, 1.82) is 0 Å². The first-order chi connectivity index (χ1) is 12.3. The van der Waals surface area contributed by atoms with E-state index in [0.717, 1.165) is 18.5 Å². The molecular formula is C16H19BrF3N5O. The van der Waals surface area contributed by atoms with E-state index in [1.807, 2.05) is 17.7 Å². The fourth-order valence-corrected chi connectivity index (χ4v) is 3.62. The van der Waals surface area contributed by atoms with Crippen LogP contribution in [0, 0.1) is 6.92 Å². The maximum Gasteiger partial charge on any atom is 0.436 e. The number of halogens is 4. The van der Waals surface area contributed by atoms with Crippen LogP contribution in [0.15, 0.2) is 16.7 Å². The molecule has 0 spiro atoms. The van der Waals surface area contributed by atoms with Gasteiger partial charge in [0.2, 0.25) is 5.91 Å². The second-order valence-corrected chi connectivity index (χ2v) is 7.17. The van der Waals surface area contributed by atoms with E-state index in [9.17, 15) is 18.0 Å². The summed E-state index contributed by atoms with van der Waals surface area (Å²) in [6.45, 7) is 2.81. The molecule has 3 rings (SSSR count). The summed E-state index contributed by atoms with van der Waals surface area (Å²) < 4.78 is 42.2. The van der Waals surface area contributed by atoms with Crippen molar-refractivity contribution < 1.29 is 18.0 Å². The summed E-state index contributed by atoms with van der Waals surface area (Å²) in [4.78, 5) is 12.1. The van der Waals surface area contributed by atoms with Gasteiger partial charge < -0.3 is 5.32 Å². The highest BCUT2D eigenvalue weighted by Crippen LogP contribution is 2.46. The van der Waals surface area contributed by atoms with Gasteiger partial charge in [0.15, 0.2) is 5.69 Å². The van der Waals surface area contributed by atoms with Crippen LogP contribution >= 0.6 is 15.9 Å². The molecule has 2 aromatic rings. The van der Waals surface area contributed by atoms with E-state index in [1.54, 1.807) is 6.20 Å². The van der Waals surface area contributed by atoms with Gasteiger partial charge in [-0.15, -0.1) is 0 Å². The van der Waals surface area contributed by atoms with Gasteiger partial charge in [-0.3, -0.25) is 14.2 Å². The van der Waals surface area contributed by atoms with Crippen LogP contribution in [0.3, 0.4) is 0 Å². The minimum absolute atomic E-state index is 0.0311. The topological polar surface area (TPSA) is 64.7 Å². The van der Waals surface area contributed by atoms with E-state index in [4.69, 9.17) is 0 Å². The Kier molecular flexibility index (Phi) is 5.40. The second kappa shape index (κ2) is 7.42. The van der Waals surface area contributed by atoms with Gasteiger partial charge in [0.1, 0.15) is 6.54 Å². The Labute approximate surface area is 156 Å². The summed E-state index contributed by atoms with van der Waals surface area (Å²) in [5, 5.41) is 10.5. The van der Waals surface area contributed by atoms with Crippen molar-refractivity contribution in [1.82, 2.24) is 24.9 Å². The first kappa shape index (κ1) is 18.9. The fourth-order valence-electron chi connectivity index (χ4n) is 2.78. The van der Waals surface area contributed by atoms with Crippen molar-refractivity contribution in [3.8, 4) is 0 Å². The number of amides is 1. The summed E-state index contributed by atoms with van der Waals surface area (Å²) in [6.07, 6.45) is -0.536. The molecule has 1 saturated carbocycles. The summed E-state index contributed by atoms with van der Waals surface area (Å²) in [5.74, 6) is -0.323. The number of carbonyl (C=O) groups excluding carboxylic acids is 1. The Hall–Kier alpha value is -1.84. The van der Waals surface area contributed by atoms with Crippen molar-refractivity contribution in [2.45, 2.75) is 51.4 Å². The zero-order chi connectivity index (χ0) is 18.9. The van der Waals surface area contributed by atoms with Gasteiger partial charge in [0.05, 0.1) is 10.2 Å². The van der Waals surface area contributed by atoms with Crippen LogP contribution in [0.5, 0.6) is 0 Å². The Bertz CT molecular complexity index is 794. The van der Waals surface area contributed by atoms with Crippen LogP contribution in [-0.4, -0.2) is 32.0 Å². The van der Waals surface area contributed by atoms with Crippen LogP contribution in [-0.2, 0) is 24.1 Å². The first-order valence-electron chi connectivity index (χ1n) is 8.36. The molecule has 1 N–H and O–H groups in total. The first-order valence-corrected chi connectivity index (χ1v) is 9.15. The standard InChI is InChI=1S/C16H19BrF3N5O/c1-10-5-7-22-24(10)8-2-6-21-12(26)9-25-14(11-3-4-11)13(17)15(23-25)16(18,19)20/h5,7,11H,2-4,6,8-9H2,1H3,(H,21,26). The molecule has 0 aliphatic heterocycles. The number of aryl methyl sites for hydroxylation is 2. The number of nitrogens with one attached hydrogen (secondary N) is 1. The summed E-state index contributed by atoms with van der Waals surface area (Å²) in [7, 11) is 0. The van der Waals surface area contributed by atoms with Crippen molar-refractivity contribution in [3.63, 3.8) is 0 Å². The molecule has 0 aromatic carbocycles. The van der Waals surface area contributed by atoms with Crippen LogP contribution < -0.4 is 5.32 Å². The Morgan fingerprint density at radius 1 is 1.38 bits per heavy atom. The van der Waals surface area contributed by atoms with Gasteiger partial charge in [-0.25, -0.2) is 0 Å². The highest BCUT2D eigenvalue weighted by molar-refractivity contribution is 9.10. The predicted octanol–water partition coefficient (Wildman–Crippen LogP) is 3.25. The molecular weight excluding hydrogens is 415 g/mol. The van der Waals surface area contributed by atoms with Crippen LogP contribution in [0.2, 0.25) is 0 Å². The van der Waals surface area contributed by atoms with Crippen LogP contribution in [0.4, 0.5) is 13.2 Å². The van der Waals surface area contributed by atoms with Gasteiger partial charge in [0, 0.05) is 30.9 Å². The zero-order valence-electron chi connectivity index (χ0n) is 14.2. The number of nitrogens with zero attached hydrogens (tertiary/aromatic N) is 4. The molecule has 0 atom stereocenters. The largest absolute Gasteiger partial charge is 0.436 e. The SMILES string of the molecule is Cc1ccnn1CCCNC(=O)Cn1nc(C(F)(F)F)c(Br)c1C1CC1. The highest BCUT2D eigenvalue weighted by atomic mass is 79.9. The molecule has 1 aliphatic carbocycles. The Balaban J connectivity index is 1.58. The average molecular weight is 434 g/mol. The van der Waals surface area contributed by atoms with E-state index in [1.165, 1.54) is 4.68 Å². The van der Waals surface area contributed by atoms with Crippen LogP contribution in [0.1, 0.15) is 42.3 Å². The monoisotopic (exact) mass is 433 g/mol.